The van der Waals surface area contributed by atoms with Crippen LogP contribution in [0.2, 0.25) is 0 Å². The Hall–Kier alpha value is -2.39. The van der Waals surface area contributed by atoms with Crippen LogP contribution in [0.4, 0.5) is 10.1 Å². The molecule has 2 aromatic rings. The number of carbonyl (C=O) groups excluding carboxylic acids is 1. The average molecular weight is 296 g/mol. The van der Waals surface area contributed by atoms with Crippen LogP contribution in [0, 0.1) is 5.82 Å². The van der Waals surface area contributed by atoms with Crippen molar-refractivity contribution >= 4 is 21.6 Å². The molecule has 1 heterocycles. The van der Waals surface area contributed by atoms with E-state index in [1.165, 1.54) is 18.6 Å². The number of amides is 1. The summed E-state index contributed by atoms with van der Waals surface area (Å²) in [5.41, 5.74) is -0.305. The highest BCUT2D eigenvalue weighted by molar-refractivity contribution is 7.89. The number of nitrogens with zero attached hydrogens (tertiary/aromatic N) is 2. The largest absolute Gasteiger partial charge is 0.319 e. The number of nitrogens with two attached hydrogens (primary N) is 1. The Morgan fingerprint density at radius 1 is 1.30 bits per heavy atom. The number of halogens is 1. The van der Waals surface area contributed by atoms with Gasteiger partial charge in [-0.15, -0.1) is 0 Å². The minimum absolute atomic E-state index is 0.0443. The molecular weight excluding hydrogens is 287 g/mol. The second-order valence-electron chi connectivity index (χ2n) is 3.73. The van der Waals surface area contributed by atoms with E-state index < -0.39 is 26.6 Å². The first-order valence-corrected chi connectivity index (χ1v) is 6.82. The van der Waals surface area contributed by atoms with Gasteiger partial charge in [0.25, 0.3) is 5.91 Å². The van der Waals surface area contributed by atoms with Gasteiger partial charge in [-0.05, 0) is 18.2 Å². The molecule has 0 bridgehead atoms. The van der Waals surface area contributed by atoms with Crippen molar-refractivity contribution in [3.8, 4) is 0 Å². The lowest BCUT2D eigenvalue weighted by Crippen LogP contribution is -2.19. The number of nitrogens with one attached hydrogen (secondary N) is 1. The highest BCUT2D eigenvalue weighted by Gasteiger charge is 2.17. The summed E-state index contributed by atoms with van der Waals surface area (Å²) in [7, 11) is -4.10. The van der Waals surface area contributed by atoms with E-state index in [-0.39, 0.29) is 11.4 Å². The Morgan fingerprint density at radius 3 is 2.65 bits per heavy atom. The summed E-state index contributed by atoms with van der Waals surface area (Å²) in [5.74, 6) is -1.44. The number of sulfonamides is 1. The molecule has 9 heteroatoms. The van der Waals surface area contributed by atoms with Crippen molar-refractivity contribution in [2.24, 2.45) is 5.14 Å². The Bertz CT molecular complexity index is 750. The maximum atomic E-state index is 13.2. The van der Waals surface area contributed by atoms with Gasteiger partial charge in [0.05, 0.1) is 11.9 Å². The van der Waals surface area contributed by atoms with E-state index in [2.05, 4.69) is 15.3 Å². The molecule has 2 rings (SSSR count). The molecule has 104 valence electrons. The summed E-state index contributed by atoms with van der Waals surface area (Å²) in [6.45, 7) is 0. The van der Waals surface area contributed by atoms with Gasteiger partial charge in [0, 0.05) is 12.4 Å². The zero-order valence-electron chi connectivity index (χ0n) is 9.95. The Kier molecular flexibility index (Phi) is 3.72. The fourth-order valence-electron chi connectivity index (χ4n) is 1.45. The molecule has 0 radical (unpaired) electrons. The van der Waals surface area contributed by atoms with E-state index in [0.717, 1.165) is 18.2 Å². The van der Waals surface area contributed by atoms with Crippen LogP contribution in [0.3, 0.4) is 0 Å². The molecule has 0 aliphatic heterocycles. The first-order chi connectivity index (χ1) is 9.38. The lowest BCUT2D eigenvalue weighted by atomic mass is 10.3. The lowest BCUT2D eigenvalue weighted by Gasteiger charge is -2.09. The predicted molar refractivity (Wildman–Crippen MR) is 67.8 cm³/mol. The second-order valence-corrected chi connectivity index (χ2v) is 5.26. The number of anilines is 1. The summed E-state index contributed by atoms with van der Waals surface area (Å²) in [6.07, 6.45) is 3.85. The molecule has 0 aliphatic rings. The van der Waals surface area contributed by atoms with Gasteiger partial charge in [0.2, 0.25) is 10.0 Å². The van der Waals surface area contributed by atoms with Crippen LogP contribution in [0.15, 0.2) is 41.7 Å². The Balaban J connectivity index is 2.39. The van der Waals surface area contributed by atoms with E-state index in [0.29, 0.717) is 0 Å². The van der Waals surface area contributed by atoms with Crippen molar-refractivity contribution in [2.75, 3.05) is 5.32 Å². The van der Waals surface area contributed by atoms with Crippen LogP contribution < -0.4 is 10.5 Å². The molecule has 0 spiro atoms. The maximum Gasteiger partial charge on any atom is 0.275 e. The standard InChI is InChI=1S/C11H9FN4O3S/c12-7-1-2-10(20(13,18)19)8(5-7)16-11(17)9-6-14-3-4-15-9/h1-6H,(H,16,17)(H2,13,18,19). The number of primary sulfonamides is 1. The van der Waals surface area contributed by atoms with Crippen LogP contribution in [-0.4, -0.2) is 24.3 Å². The zero-order valence-corrected chi connectivity index (χ0v) is 10.8. The van der Waals surface area contributed by atoms with Gasteiger partial charge < -0.3 is 5.32 Å². The molecule has 1 aromatic heterocycles. The maximum absolute atomic E-state index is 13.2. The van der Waals surface area contributed by atoms with Crippen LogP contribution in [0.25, 0.3) is 0 Å². The quantitative estimate of drug-likeness (QED) is 0.856. The Morgan fingerprint density at radius 2 is 2.05 bits per heavy atom. The molecule has 0 fully saturated rings. The van der Waals surface area contributed by atoms with Crippen molar-refractivity contribution in [2.45, 2.75) is 4.90 Å². The second kappa shape index (κ2) is 5.31. The molecule has 20 heavy (non-hydrogen) atoms. The molecule has 3 N–H and O–H groups in total. The van der Waals surface area contributed by atoms with Crippen molar-refractivity contribution < 1.29 is 17.6 Å². The highest BCUT2D eigenvalue weighted by atomic mass is 32.2. The first kappa shape index (κ1) is 14.0. The van der Waals surface area contributed by atoms with E-state index in [9.17, 15) is 17.6 Å². The number of hydrogen-bond acceptors (Lipinski definition) is 5. The fraction of sp³-hybridized carbons (Fsp3) is 0. The molecule has 0 saturated carbocycles. The fourth-order valence-corrected chi connectivity index (χ4v) is 2.12. The summed E-state index contributed by atoms with van der Waals surface area (Å²) in [5, 5.41) is 7.23. The molecule has 1 amide bonds. The summed E-state index contributed by atoms with van der Waals surface area (Å²) in [6, 6.07) is 2.75. The van der Waals surface area contributed by atoms with Crippen molar-refractivity contribution in [1.29, 1.82) is 0 Å². The summed E-state index contributed by atoms with van der Waals surface area (Å²) >= 11 is 0. The van der Waals surface area contributed by atoms with Crippen LogP contribution in [-0.2, 0) is 10.0 Å². The van der Waals surface area contributed by atoms with Crippen molar-refractivity contribution in [3.05, 3.63) is 48.3 Å². The first-order valence-electron chi connectivity index (χ1n) is 5.27. The molecule has 0 saturated heterocycles. The molecule has 7 nitrogen and oxygen atoms in total. The monoisotopic (exact) mass is 296 g/mol. The zero-order chi connectivity index (χ0) is 14.8. The minimum atomic E-state index is -4.10. The third kappa shape index (κ3) is 3.13. The topological polar surface area (TPSA) is 115 Å². The third-order valence-electron chi connectivity index (χ3n) is 2.29. The Labute approximate surface area is 113 Å². The van der Waals surface area contributed by atoms with Gasteiger partial charge in [-0.2, -0.15) is 0 Å². The van der Waals surface area contributed by atoms with Gasteiger partial charge >= 0.3 is 0 Å². The van der Waals surface area contributed by atoms with Gasteiger partial charge in [-0.1, -0.05) is 0 Å². The lowest BCUT2D eigenvalue weighted by molar-refractivity contribution is 0.102. The van der Waals surface area contributed by atoms with E-state index >= 15 is 0 Å². The minimum Gasteiger partial charge on any atom is -0.319 e. The normalized spacial score (nSPS) is 11.1. The summed E-state index contributed by atoms with van der Waals surface area (Å²) < 4.78 is 35.9. The number of rotatable bonds is 3. The molecule has 0 atom stereocenters. The van der Waals surface area contributed by atoms with Crippen molar-refractivity contribution in [1.82, 2.24) is 9.97 Å². The highest BCUT2D eigenvalue weighted by Crippen LogP contribution is 2.21. The molecule has 1 aromatic carbocycles. The number of benzene rings is 1. The number of hydrogen-bond donors (Lipinski definition) is 2. The van der Waals surface area contributed by atoms with Crippen molar-refractivity contribution in [3.63, 3.8) is 0 Å². The number of aromatic nitrogens is 2. The van der Waals surface area contributed by atoms with Crippen LogP contribution in [0.5, 0.6) is 0 Å². The van der Waals surface area contributed by atoms with Crippen LogP contribution >= 0.6 is 0 Å². The summed E-state index contributed by atoms with van der Waals surface area (Å²) in [4.78, 5) is 18.9. The average Bonchev–Trinajstić information content (AvgIpc) is 2.38. The van der Waals surface area contributed by atoms with Gasteiger partial charge in [0.15, 0.2) is 0 Å². The SMILES string of the molecule is NS(=O)(=O)c1ccc(F)cc1NC(=O)c1cnccn1. The van der Waals surface area contributed by atoms with Gasteiger partial charge in [0.1, 0.15) is 16.4 Å². The van der Waals surface area contributed by atoms with E-state index in [1.807, 2.05) is 0 Å². The molecule has 0 aliphatic carbocycles. The number of carbonyl (C=O) groups is 1. The van der Waals surface area contributed by atoms with E-state index in [4.69, 9.17) is 5.14 Å². The molecular formula is C11H9FN4O3S. The van der Waals surface area contributed by atoms with Gasteiger partial charge in [-0.3, -0.25) is 9.78 Å². The third-order valence-corrected chi connectivity index (χ3v) is 3.26. The smallest absolute Gasteiger partial charge is 0.275 e. The van der Waals surface area contributed by atoms with Gasteiger partial charge in [-0.25, -0.2) is 22.9 Å². The molecule has 0 unspecified atom stereocenters. The predicted octanol–water partition coefficient (Wildman–Crippen LogP) is 0.515. The van der Waals surface area contributed by atoms with Crippen LogP contribution in [0.1, 0.15) is 10.5 Å². The van der Waals surface area contributed by atoms with E-state index in [1.54, 1.807) is 0 Å².